The van der Waals surface area contributed by atoms with Crippen molar-refractivity contribution in [3.05, 3.63) is 38.0 Å². The zero-order chi connectivity index (χ0) is 11.9. The average molecular weight is 214 g/mol. The van der Waals surface area contributed by atoms with Crippen molar-refractivity contribution in [3.63, 3.8) is 0 Å². The molecule has 1 N–H and O–H groups in total. The van der Waals surface area contributed by atoms with Gasteiger partial charge in [0, 0.05) is 6.08 Å². The molecule has 15 heavy (non-hydrogen) atoms. The number of epoxide rings is 1. The van der Waals surface area contributed by atoms with E-state index in [1.54, 1.807) is 12.2 Å². The molecule has 0 unspecified atom stereocenters. The van der Waals surface area contributed by atoms with E-state index in [4.69, 9.17) is 9.84 Å². The molecule has 0 aromatic carbocycles. The largest absolute Gasteiger partial charge is 0.478 e. The lowest BCUT2D eigenvalue weighted by molar-refractivity contribution is -0.131. The number of hydrogen-bond acceptors (Lipinski definition) is 3. The van der Waals surface area contributed by atoms with Crippen molar-refractivity contribution in [1.29, 1.82) is 0 Å². The molecule has 0 radical (unpaired) electrons. The molecular weight excluding hydrogens is 196 g/mol. The van der Waals surface area contributed by atoms with Crippen LogP contribution in [-0.4, -0.2) is 37.5 Å². The number of hydrogen-bond donors (Lipinski definition) is 1. The highest BCUT2D eigenvalue weighted by molar-refractivity contribution is 5.78. The molecule has 0 atom stereocenters. The molecular formula is C11H18O4. The molecule has 0 saturated carbocycles. The minimum Gasteiger partial charge on any atom is -0.478 e. The van der Waals surface area contributed by atoms with Gasteiger partial charge in [-0.1, -0.05) is 18.7 Å². The fourth-order valence-corrected chi connectivity index (χ4v) is 0.235. The summed E-state index contributed by atoms with van der Waals surface area (Å²) in [4.78, 5) is 9.25. The number of ether oxygens (including phenoxy) is 2. The number of carboxylic acid groups (broad SMARTS) is 1. The fraction of sp³-hybridized carbons (Fsp3) is 0.364. The number of carboxylic acids is 1. The molecule has 1 rings (SSSR count). The van der Waals surface area contributed by atoms with Crippen molar-refractivity contribution in [2.75, 3.05) is 26.4 Å². The molecule has 1 saturated heterocycles. The molecule has 4 nitrogen and oxygen atoms in total. The van der Waals surface area contributed by atoms with Gasteiger partial charge in [-0.2, -0.15) is 0 Å². The van der Waals surface area contributed by atoms with Gasteiger partial charge in [-0.05, 0) is 0 Å². The predicted octanol–water partition coefficient (Wildman–Crippen LogP) is 1.65. The Morgan fingerprint density at radius 3 is 1.73 bits per heavy atom. The molecule has 1 fully saturated rings. The second-order valence-corrected chi connectivity index (χ2v) is 2.27. The van der Waals surface area contributed by atoms with Gasteiger partial charge in [-0.25, -0.2) is 4.79 Å². The Morgan fingerprint density at radius 2 is 1.60 bits per heavy atom. The van der Waals surface area contributed by atoms with E-state index in [-0.39, 0.29) is 0 Å². The molecule has 86 valence electrons. The van der Waals surface area contributed by atoms with E-state index in [0.717, 1.165) is 19.3 Å². The van der Waals surface area contributed by atoms with Crippen LogP contribution in [0.15, 0.2) is 38.0 Å². The Kier molecular flexibility index (Phi) is 16.2. The standard InChI is InChI=1S/C6H10O.C3H4O2.C2H4O/c1-3-5-7-6-4-2;1-2-3(4)5;1-2-3-1/h3-4H,1-2,5-6H2;2H,1H2,(H,4,5);1-2H2. The van der Waals surface area contributed by atoms with E-state index in [2.05, 4.69) is 24.5 Å². The lowest BCUT2D eigenvalue weighted by atomic mass is 10.6. The van der Waals surface area contributed by atoms with E-state index in [1.165, 1.54) is 0 Å². The molecule has 0 aliphatic carbocycles. The fourth-order valence-electron chi connectivity index (χ4n) is 0.235. The molecule has 1 heterocycles. The highest BCUT2D eigenvalue weighted by Gasteiger charge is 1.94. The van der Waals surface area contributed by atoms with E-state index in [1.807, 2.05) is 0 Å². The van der Waals surface area contributed by atoms with Crippen LogP contribution in [0.4, 0.5) is 0 Å². The lowest BCUT2D eigenvalue weighted by Gasteiger charge is -1.89. The summed E-state index contributed by atoms with van der Waals surface area (Å²) in [5, 5.41) is 7.60. The maximum absolute atomic E-state index is 9.25. The first-order valence-corrected chi connectivity index (χ1v) is 4.41. The first-order valence-electron chi connectivity index (χ1n) is 4.41. The van der Waals surface area contributed by atoms with Crippen LogP contribution in [0, 0.1) is 0 Å². The van der Waals surface area contributed by atoms with Gasteiger partial charge in [0.1, 0.15) is 0 Å². The lowest BCUT2D eigenvalue weighted by Crippen LogP contribution is -1.87. The van der Waals surface area contributed by atoms with Crippen molar-refractivity contribution in [2.24, 2.45) is 0 Å². The van der Waals surface area contributed by atoms with Gasteiger partial charge in [-0.3, -0.25) is 0 Å². The van der Waals surface area contributed by atoms with Gasteiger partial charge < -0.3 is 14.6 Å². The van der Waals surface area contributed by atoms with Gasteiger partial charge in [-0.15, -0.1) is 13.2 Å². The van der Waals surface area contributed by atoms with Crippen molar-refractivity contribution < 1.29 is 19.4 Å². The zero-order valence-electron chi connectivity index (χ0n) is 8.85. The Labute approximate surface area is 90.5 Å². The summed E-state index contributed by atoms with van der Waals surface area (Å²) in [5.41, 5.74) is 0. The van der Waals surface area contributed by atoms with Crippen molar-refractivity contribution in [2.45, 2.75) is 0 Å². The minimum absolute atomic E-state index is 0.617. The Bertz CT molecular complexity index is 174. The molecule has 1 aliphatic rings. The molecule has 0 aromatic heterocycles. The molecule has 1 aliphatic heterocycles. The number of rotatable bonds is 5. The molecule has 0 aromatic rings. The van der Waals surface area contributed by atoms with Crippen LogP contribution in [0.3, 0.4) is 0 Å². The van der Waals surface area contributed by atoms with Crippen LogP contribution in [0.1, 0.15) is 0 Å². The van der Waals surface area contributed by atoms with Gasteiger partial charge >= 0.3 is 5.97 Å². The van der Waals surface area contributed by atoms with Gasteiger partial charge in [0.15, 0.2) is 0 Å². The summed E-state index contributed by atoms with van der Waals surface area (Å²) in [6.07, 6.45) is 4.26. The first-order chi connectivity index (χ1) is 7.18. The minimum atomic E-state index is -0.981. The SMILES string of the molecule is C1CO1.C=CC(=O)O.C=CCOCC=C. The summed E-state index contributed by atoms with van der Waals surface area (Å²) < 4.78 is 9.40. The summed E-state index contributed by atoms with van der Waals surface area (Å²) >= 11 is 0. The first kappa shape index (κ1) is 16.1. The van der Waals surface area contributed by atoms with Crippen molar-refractivity contribution >= 4 is 5.97 Å². The van der Waals surface area contributed by atoms with Crippen LogP contribution < -0.4 is 0 Å². The number of aliphatic carboxylic acids is 1. The third-order valence-corrected chi connectivity index (χ3v) is 0.850. The van der Waals surface area contributed by atoms with Crippen LogP contribution >= 0.6 is 0 Å². The summed E-state index contributed by atoms with van der Waals surface area (Å²) in [6, 6.07) is 0. The number of carbonyl (C=O) groups is 1. The smallest absolute Gasteiger partial charge is 0.327 e. The van der Waals surface area contributed by atoms with Crippen molar-refractivity contribution in [3.8, 4) is 0 Å². The Balaban J connectivity index is 0. The summed E-state index contributed by atoms with van der Waals surface area (Å²) in [6.45, 7) is 13.1. The molecule has 0 spiro atoms. The average Bonchev–Trinajstić information content (AvgIpc) is 3.06. The van der Waals surface area contributed by atoms with E-state index in [0.29, 0.717) is 13.2 Å². The van der Waals surface area contributed by atoms with E-state index >= 15 is 0 Å². The maximum atomic E-state index is 9.25. The third-order valence-electron chi connectivity index (χ3n) is 0.850. The summed E-state index contributed by atoms with van der Waals surface area (Å²) in [7, 11) is 0. The Hall–Kier alpha value is -1.39. The van der Waals surface area contributed by atoms with Gasteiger partial charge in [0.2, 0.25) is 0 Å². The van der Waals surface area contributed by atoms with Crippen molar-refractivity contribution in [1.82, 2.24) is 0 Å². The van der Waals surface area contributed by atoms with Crippen LogP contribution in [0.2, 0.25) is 0 Å². The maximum Gasteiger partial charge on any atom is 0.327 e. The van der Waals surface area contributed by atoms with Crippen LogP contribution in [0.25, 0.3) is 0 Å². The third kappa shape index (κ3) is 45.1. The normalized spacial score (nSPS) is 10.7. The molecule has 0 bridgehead atoms. The van der Waals surface area contributed by atoms with Crippen LogP contribution in [-0.2, 0) is 14.3 Å². The molecule has 4 heteroatoms. The second-order valence-electron chi connectivity index (χ2n) is 2.27. The zero-order valence-corrected chi connectivity index (χ0v) is 8.85. The van der Waals surface area contributed by atoms with Gasteiger partial charge in [0.25, 0.3) is 0 Å². The predicted molar refractivity (Wildman–Crippen MR) is 59.9 cm³/mol. The van der Waals surface area contributed by atoms with E-state index in [9.17, 15) is 4.79 Å². The molecule has 0 amide bonds. The highest BCUT2D eigenvalue weighted by atomic mass is 16.6. The quantitative estimate of drug-likeness (QED) is 0.327. The van der Waals surface area contributed by atoms with Gasteiger partial charge in [0.05, 0.1) is 26.4 Å². The monoisotopic (exact) mass is 214 g/mol. The Morgan fingerprint density at radius 1 is 1.27 bits per heavy atom. The van der Waals surface area contributed by atoms with E-state index < -0.39 is 5.97 Å². The second kappa shape index (κ2) is 15.1. The summed E-state index contributed by atoms with van der Waals surface area (Å²) in [5.74, 6) is -0.981. The topological polar surface area (TPSA) is 59.1 Å². The highest BCUT2D eigenvalue weighted by Crippen LogP contribution is 1.84. The van der Waals surface area contributed by atoms with Crippen LogP contribution in [0.5, 0.6) is 0 Å².